The summed E-state index contributed by atoms with van der Waals surface area (Å²) in [5, 5.41) is 3.14. The van der Waals surface area contributed by atoms with Crippen LogP contribution in [0.2, 0.25) is 0 Å². The molecule has 0 aliphatic heterocycles. The van der Waals surface area contributed by atoms with Gasteiger partial charge in [0.05, 0.1) is 6.10 Å². The summed E-state index contributed by atoms with van der Waals surface area (Å²) in [5.41, 5.74) is 2.43. The lowest BCUT2D eigenvalue weighted by Crippen LogP contribution is -2.17. The van der Waals surface area contributed by atoms with Gasteiger partial charge in [-0.3, -0.25) is 0 Å². The minimum atomic E-state index is 0.115. The van der Waals surface area contributed by atoms with Gasteiger partial charge in [0.25, 0.3) is 0 Å². The van der Waals surface area contributed by atoms with Crippen molar-refractivity contribution in [3.63, 3.8) is 0 Å². The largest absolute Gasteiger partial charge is 0.491 e. The van der Waals surface area contributed by atoms with Crippen molar-refractivity contribution in [2.24, 2.45) is 0 Å². The van der Waals surface area contributed by atoms with E-state index in [0.29, 0.717) is 6.61 Å². The molecule has 1 aromatic rings. The van der Waals surface area contributed by atoms with Crippen LogP contribution < -0.4 is 10.1 Å². The van der Waals surface area contributed by atoms with Gasteiger partial charge >= 0.3 is 0 Å². The van der Waals surface area contributed by atoms with Gasteiger partial charge in [-0.05, 0) is 27.0 Å². The number of hydrogen-bond acceptors (Lipinski definition) is 3. The van der Waals surface area contributed by atoms with Crippen molar-refractivity contribution >= 4 is 0 Å². The Balaban J connectivity index is 2.70. The SMILES string of the molecule is CNCc1cc(C)ccc1OCC(C)OC. The predicted molar refractivity (Wildman–Crippen MR) is 65.9 cm³/mol. The molecule has 1 atom stereocenters. The molecule has 1 aromatic carbocycles. The van der Waals surface area contributed by atoms with Crippen molar-refractivity contribution in [1.29, 1.82) is 0 Å². The van der Waals surface area contributed by atoms with Gasteiger partial charge in [-0.1, -0.05) is 17.7 Å². The first-order valence-electron chi connectivity index (χ1n) is 5.57. The summed E-state index contributed by atoms with van der Waals surface area (Å²) in [6.45, 7) is 5.47. The standard InChI is InChI=1S/C13H21NO2/c1-10-5-6-13(12(7-10)8-14-3)16-9-11(2)15-4/h5-7,11,14H,8-9H2,1-4H3. The van der Waals surface area contributed by atoms with E-state index in [1.165, 1.54) is 11.1 Å². The molecule has 0 aromatic heterocycles. The van der Waals surface area contributed by atoms with Gasteiger partial charge in [0.2, 0.25) is 0 Å². The van der Waals surface area contributed by atoms with E-state index in [1.807, 2.05) is 20.0 Å². The van der Waals surface area contributed by atoms with Gasteiger partial charge in [0.1, 0.15) is 12.4 Å². The van der Waals surface area contributed by atoms with Gasteiger partial charge in [0, 0.05) is 19.2 Å². The van der Waals surface area contributed by atoms with E-state index < -0.39 is 0 Å². The summed E-state index contributed by atoms with van der Waals surface area (Å²) < 4.78 is 10.9. The van der Waals surface area contributed by atoms with Gasteiger partial charge in [-0.2, -0.15) is 0 Å². The Hall–Kier alpha value is -1.06. The van der Waals surface area contributed by atoms with Crippen LogP contribution >= 0.6 is 0 Å². The van der Waals surface area contributed by atoms with Crippen molar-refractivity contribution in [2.45, 2.75) is 26.5 Å². The highest BCUT2D eigenvalue weighted by Gasteiger charge is 2.05. The van der Waals surface area contributed by atoms with Crippen LogP contribution in [-0.2, 0) is 11.3 Å². The molecular formula is C13H21NO2. The Morgan fingerprint density at radius 2 is 2.12 bits per heavy atom. The average molecular weight is 223 g/mol. The van der Waals surface area contributed by atoms with Crippen molar-refractivity contribution in [1.82, 2.24) is 5.32 Å². The Morgan fingerprint density at radius 3 is 2.75 bits per heavy atom. The lowest BCUT2D eigenvalue weighted by atomic mass is 10.1. The highest BCUT2D eigenvalue weighted by Crippen LogP contribution is 2.20. The van der Waals surface area contributed by atoms with E-state index in [0.717, 1.165) is 12.3 Å². The highest BCUT2D eigenvalue weighted by atomic mass is 16.5. The van der Waals surface area contributed by atoms with E-state index in [4.69, 9.17) is 9.47 Å². The average Bonchev–Trinajstić information content (AvgIpc) is 2.28. The molecule has 0 saturated heterocycles. The summed E-state index contributed by atoms with van der Waals surface area (Å²) in [5.74, 6) is 0.934. The maximum absolute atomic E-state index is 5.73. The molecule has 0 spiro atoms. The number of aryl methyl sites for hydroxylation is 1. The zero-order valence-corrected chi connectivity index (χ0v) is 10.5. The van der Waals surface area contributed by atoms with E-state index in [2.05, 4.69) is 24.4 Å². The van der Waals surface area contributed by atoms with Crippen molar-refractivity contribution in [3.05, 3.63) is 29.3 Å². The number of rotatable bonds is 6. The molecule has 0 aliphatic rings. The van der Waals surface area contributed by atoms with Crippen molar-refractivity contribution in [2.75, 3.05) is 20.8 Å². The van der Waals surface area contributed by atoms with Gasteiger partial charge in [-0.15, -0.1) is 0 Å². The Kier molecular flexibility index (Phi) is 5.29. The molecular weight excluding hydrogens is 202 g/mol. The predicted octanol–water partition coefficient (Wildman–Crippen LogP) is 2.13. The monoisotopic (exact) mass is 223 g/mol. The van der Waals surface area contributed by atoms with Crippen LogP contribution in [0.15, 0.2) is 18.2 Å². The fourth-order valence-electron chi connectivity index (χ4n) is 1.45. The summed E-state index contributed by atoms with van der Waals surface area (Å²) >= 11 is 0. The van der Waals surface area contributed by atoms with Crippen LogP contribution in [0.1, 0.15) is 18.1 Å². The molecule has 0 fully saturated rings. The second-order valence-electron chi connectivity index (χ2n) is 4.00. The smallest absolute Gasteiger partial charge is 0.123 e. The minimum absolute atomic E-state index is 0.115. The molecule has 90 valence electrons. The first-order valence-corrected chi connectivity index (χ1v) is 5.57. The quantitative estimate of drug-likeness (QED) is 0.801. The van der Waals surface area contributed by atoms with Gasteiger partial charge in [0.15, 0.2) is 0 Å². The second kappa shape index (κ2) is 6.51. The Bertz CT molecular complexity index is 326. The maximum Gasteiger partial charge on any atom is 0.123 e. The van der Waals surface area contributed by atoms with Crippen LogP contribution in [0.5, 0.6) is 5.75 Å². The normalized spacial score (nSPS) is 12.5. The van der Waals surface area contributed by atoms with Crippen LogP contribution in [-0.4, -0.2) is 26.9 Å². The van der Waals surface area contributed by atoms with Gasteiger partial charge < -0.3 is 14.8 Å². The fourth-order valence-corrected chi connectivity index (χ4v) is 1.45. The van der Waals surface area contributed by atoms with Crippen molar-refractivity contribution in [3.8, 4) is 5.75 Å². The van der Waals surface area contributed by atoms with E-state index in [1.54, 1.807) is 7.11 Å². The van der Waals surface area contributed by atoms with Crippen LogP contribution in [0.25, 0.3) is 0 Å². The third kappa shape index (κ3) is 3.83. The first-order chi connectivity index (χ1) is 7.67. The topological polar surface area (TPSA) is 30.5 Å². The summed E-state index contributed by atoms with van der Waals surface area (Å²) in [4.78, 5) is 0. The number of benzene rings is 1. The van der Waals surface area contributed by atoms with Crippen molar-refractivity contribution < 1.29 is 9.47 Å². The Morgan fingerprint density at radius 1 is 1.38 bits per heavy atom. The van der Waals surface area contributed by atoms with E-state index >= 15 is 0 Å². The van der Waals surface area contributed by atoms with E-state index in [9.17, 15) is 0 Å². The molecule has 0 bridgehead atoms. The van der Waals surface area contributed by atoms with Gasteiger partial charge in [-0.25, -0.2) is 0 Å². The molecule has 0 amide bonds. The lowest BCUT2D eigenvalue weighted by molar-refractivity contribution is 0.0713. The molecule has 0 saturated carbocycles. The Labute approximate surface area is 97.8 Å². The molecule has 1 N–H and O–H groups in total. The molecule has 1 unspecified atom stereocenters. The van der Waals surface area contributed by atoms with Crippen LogP contribution in [0, 0.1) is 6.92 Å². The highest BCUT2D eigenvalue weighted by molar-refractivity contribution is 5.36. The zero-order chi connectivity index (χ0) is 12.0. The molecule has 0 heterocycles. The fraction of sp³-hybridized carbons (Fsp3) is 0.538. The van der Waals surface area contributed by atoms with Crippen LogP contribution in [0.4, 0.5) is 0 Å². The minimum Gasteiger partial charge on any atom is -0.491 e. The molecule has 0 aliphatic carbocycles. The summed E-state index contributed by atoms with van der Waals surface area (Å²) in [7, 11) is 3.63. The van der Waals surface area contributed by atoms with E-state index in [-0.39, 0.29) is 6.10 Å². The molecule has 0 radical (unpaired) electrons. The molecule has 1 rings (SSSR count). The number of methoxy groups -OCH3 is 1. The number of hydrogen-bond donors (Lipinski definition) is 1. The molecule has 3 nitrogen and oxygen atoms in total. The van der Waals surface area contributed by atoms with Crippen LogP contribution in [0.3, 0.4) is 0 Å². The number of ether oxygens (including phenoxy) is 2. The first kappa shape index (κ1) is 13.0. The summed E-state index contributed by atoms with van der Waals surface area (Å²) in [6, 6.07) is 6.22. The third-order valence-corrected chi connectivity index (χ3v) is 2.46. The molecule has 3 heteroatoms. The number of nitrogens with one attached hydrogen (secondary N) is 1. The zero-order valence-electron chi connectivity index (χ0n) is 10.5. The lowest BCUT2D eigenvalue weighted by Gasteiger charge is -2.15. The maximum atomic E-state index is 5.73. The molecule has 16 heavy (non-hydrogen) atoms. The summed E-state index contributed by atoms with van der Waals surface area (Å²) in [6.07, 6.45) is 0.115. The second-order valence-corrected chi connectivity index (χ2v) is 4.00. The third-order valence-electron chi connectivity index (χ3n) is 2.46.